The summed E-state index contributed by atoms with van der Waals surface area (Å²) in [5, 5.41) is 11.3. The van der Waals surface area contributed by atoms with Gasteiger partial charge in [0.15, 0.2) is 0 Å². The third-order valence-electron chi connectivity index (χ3n) is 3.62. The van der Waals surface area contributed by atoms with Crippen molar-refractivity contribution in [1.29, 1.82) is 5.26 Å². The molecule has 1 aliphatic rings. The molecule has 1 aromatic carbocycles. The second-order valence-corrected chi connectivity index (χ2v) is 5.17. The fraction of sp³-hybridized carbons (Fsp3) is 0.375. The van der Waals surface area contributed by atoms with Gasteiger partial charge in [0.25, 0.3) is 0 Å². The Morgan fingerprint density at radius 1 is 1.46 bits per heavy atom. The van der Waals surface area contributed by atoms with Crippen molar-refractivity contribution in [1.82, 2.24) is 4.90 Å². The number of nitriles is 1. The van der Waals surface area contributed by atoms with E-state index in [1.54, 1.807) is 13.0 Å². The maximum atomic E-state index is 13.3. The average molecular weight is 333 g/mol. The number of carbonyl (C=O) groups is 3. The first-order valence-electron chi connectivity index (χ1n) is 7.46. The highest BCUT2D eigenvalue weighted by molar-refractivity contribution is 6.33. The number of esters is 1. The van der Waals surface area contributed by atoms with Gasteiger partial charge in [-0.1, -0.05) is 0 Å². The lowest BCUT2D eigenvalue weighted by Crippen LogP contribution is -2.46. The molecule has 1 N–H and O–H groups in total. The van der Waals surface area contributed by atoms with Gasteiger partial charge >= 0.3 is 11.9 Å². The van der Waals surface area contributed by atoms with Gasteiger partial charge in [0, 0.05) is 12.2 Å². The summed E-state index contributed by atoms with van der Waals surface area (Å²) in [6.07, 6.45) is 0.985. The van der Waals surface area contributed by atoms with Gasteiger partial charge in [0.1, 0.15) is 17.9 Å². The van der Waals surface area contributed by atoms with Crippen molar-refractivity contribution in [2.45, 2.75) is 25.8 Å². The maximum absolute atomic E-state index is 13.3. The van der Waals surface area contributed by atoms with E-state index in [1.807, 2.05) is 0 Å². The number of nitrogens with one attached hydrogen (secondary N) is 1. The fourth-order valence-electron chi connectivity index (χ4n) is 2.51. The van der Waals surface area contributed by atoms with Crippen molar-refractivity contribution < 1.29 is 23.5 Å². The van der Waals surface area contributed by atoms with E-state index < -0.39 is 29.6 Å². The lowest BCUT2D eigenvalue weighted by atomic mass is 10.1. The van der Waals surface area contributed by atoms with Crippen LogP contribution in [-0.2, 0) is 19.1 Å². The average Bonchev–Trinajstić information content (AvgIpc) is 3.05. The van der Waals surface area contributed by atoms with Gasteiger partial charge in [0.2, 0.25) is 5.91 Å². The molecule has 0 aromatic heterocycles. The van der Waals surface area contributed by atoms with Gasteiger partial charge in [-0.3, -0.25) is 9.59 Å². The molecule has 1 aromatic rings. The van der Waals surface area contributed by atoms with Gasteiger partial charge in [-0.2, -0.15) is 5.26 Å². The Morgan fingerprint density at radius 3 is 2.88 bits per heavy atom. The molecule has 2 rings (SSSR count). The molecular weight excluding hydrogens is 317 g/mol. The smallest absolute Gasteiger partial charge is 0.397 e. The third-order valence-corrected chi connectivity index (χ3v) is 3.62. The molecular formula is C16H16FN3O4. The van der Waals surface area contributed by atoms with Crippen LogP contribution in [0.3, 0.4) is 0 Å². The van der Waals surface area contributed by atoms with Crippen LogP contribution in [0.15, 0.2) is 18.2 Å². The fourth-order valence-corrected chi connectivity index (χ4v) is 2.51. The molecule has 1 atom stereocenters. The summed E-state index contributed by atoms with van der Waals surface area (Å²) >= 11 is 0. The SMILES string of the molecule is CCOC(=O)C(=O)N1CCC[C@H]1C(=O)Nc1ccc(F)c(C#N)c1. The minimum absolute atomic E-state index is 0.0712. The van der Waals surface area contributed by atoms with Gasteiger partial charge in [-0.25, -0.2) is 9.18 Å². The lowest BCUT2D eigenvalue weighted by molar-refractivity contribution is -0.160. The molecule has 0 spiro atoms. The summed E-state index contributed by atoms with van der Waals surface area (Å²) in [5.74, 6) is -3.03. The number of carbonyl (C=O) groups excluding carboxylic acids is 3. The Morgan fingerprint density at radius 2 is 2.21 bits per heavy atom. The number of anilines is 1. The molecule has 1 fully saturated rings. The van der Waals surface area contributed by atoms with Crippen LogP contribution >= 0.6 is 0 Å². The van der Waals surface area contributed by atoms with Crippen LogP contribution in [0.1, 0.15) is 25.3 Å². The van der Waals surface area contributed by atoms with E-state index in [2.05, 4.69) is 10.1 Å². The van der Waals surface area contributed by atoms with E-state index in [4.69, 9.17) is 5.26 Å². The second-order valence-electron chi connectivity index (χ2n) is 5.17. The van der Waals surface area contributed by atoms with Crippen molar-refractivity contribution in [3.05, 3.63) is 29.6 Å². The first kappa shape index (κ1) is 17.4. The van der Waals surface area contributed by atoms with E-state index in [-0.39, 0.29) is 24.4 Å². The summed E-state index contributed by atoms with van der Waals surface area (Å²) in [5.41, 5.74) is 0.0482. The van der Waals surface area contributed by atoms with Gasteiger partial charge < -0.3 is 15.0 Å². The van der Waals surface area contributed by atoms with E-state index >= 15 is 0 Å². The summed E-state index contributed by atoms with van der Waals surface area (Å²) in [4.78, 5) is 37.1. The Bertz CT molecular complexity index is 714. The first-order chi connectivity index (χ1) is 11.5. The highest BCUT2D eigenvalue weighted by Gasteiger charge is 2.37. The molecule has 0 unspecified atom stereocenters. The third kappa shape index (κ3) is 3.68. The monoisotopic (exact) mass is 333 g/mol. The molecule has 0 radical (unpaired) electrons. The van der Waals surface area contributed by atoms with Crippen LogP contribution in [0.2, 0.25) is 0 Å². The van der Waals surface area contributed by atoms with E-state index in [1.165, 1.54) is 17.0 Å². The van der Waals surface area contributed by atoms with Gasteiger partial charge in [-0.05, 0) is 38.0 Å². The van der Waals surface area contributed by atoms with E-state index in [0.717, 1.165) is 6.07 Å². The zero-order valence-electron chi connectivity index (χ0n) is 13.0. The van der Waals surface area contributed by atoms with Crippen LogP contribution in [-0.4, -0.2) is 41.9 Å². The highest BCUT2D eigenvalue weighted by atomic mass is 19.1. The summed E-state index contributed by atoms with van der Waals surface area (Å²) in [6, 6.07) is 4.48. The van der Waals surface area contributed by atoms with Crippen molar-refractivity contribution in [3.8, 4) is 6.07 Å². The molecule has 1 saturated heterocycles. The number of hydrogen-bond donors (Lipinski definition) is 1. The summed E-state index contributed by atoms with van der Waals surface area (Å²) < 4.78 is 18.0. The molecule has 7 nitrogen and oxygen atoms in total. The van der Waals surface area contributed by atoms with Crippen LogP contribution in [0.5, 0.6) is 0 Å². The van der Waals surface area contributed by atoms with E-state index in [9.17, 15) is 18.8 Å². The molecule has 2 amide bonds. The number of ether oxygens (including phenoxy) is 1. The predicted octanol–water partition coefficient (Wildman–Crippen LogP) is 1.19. The predicted molar refractivity (Wildman–Crippen MR) is 81.1 cm³/mol. The maximum Gasteiger partial charge on any atom is 0.397 e. The quantitative estimate of drug-likeness (QED) is 0.661. The number of halogens is 1. The number of benzene rings is 1. The highest BCUT2D eigenvalue weighted by Crippen LogP contribution is 2.21. The number of nitrogens with zero attached hydrogens (tertiary/aromatic N) is 2. The number of likely N-dealkylation sites (tertiary alicyclic amines) is 1. The lowest BCUT2D eigenvalue weighted by Gasteiger charge is -2.22. The molecule has 1 aliphatic heterocycles. The molecule has 24 heavy (non-hydrogen) atoms. The molecule has 0 bridgehead atoms. The molecule has 0 saturated carbocycles. The van der Waals surface area contributed by atoms with Crippen molar-refractivity contribution in [2.24, 2.45) is 0 Å². The minimum atomic E-state index is -0.995. The topological polar surface area (TPSA) is 99.5 Å². The molecule has 1 heterocycles. The Hall–Kier alpha value is -2.95. The Labute approximate surface area is 138 Å². The summed E-state index contributed by atoms with van der Waals surface area (Å²) in [6.45, 7) is 1.94. The van der Waals surface area contributed by atoms with Crippen molar-refractivity contribution >= 4 is 23.5 Å². The van der Waals surface area contributed by atoms with Crippen LogP contribution in [0, 0.1) is 17.1 Å². The normalized spacial score (nSPS) is 16.4. The zero-order valence-corrected chi connectivity index (χ0v) is 13.0. The largest absolute Gasteiger partial charge is 0.459 e. The van der Waals surface area contributed by atoms with E-state index in [0.29, 0.717) is 12.8 Å². The number of rotatable bonds is 3. The van der Waals surface area contributed by atoms with Gasteiger partial charge in [0.05, 0.1) is 12.2 Å². The standard InChI is InChI=1S/C16H16FN3O4/c1-2-24-16(23)15(22)20-7-3-4-13(20)14(21)19-11-5-6-12(17)10(8-11)9-18/h5-6,8,13H,2-4,7H2,1H3,(H,19,21)/t13-/m0/s1. The number of hydrogen-bond acceptors (Lipinski definition) is 5. The van der Waals surface area contributed by atoms with Crippen molar-refractivity contribution in [3.63, 3.8) is 0 Å². The summed E-state index contributed by atoms with van der Waals surface area (Å²) in [7, 11) is 0. The Kier molecular flexibility index (Phi) is 5.47. The first-order valence-corrected chi connectivity index (χ1v) is 7.46. The van der Waals surface area contributed by atoms with Crippen LogP contribution in [0.4, 0.5) is 10.1 Å². The molecule has 8 heteroatoms. The Balaban J connectivity index is 2.10. The zero-order chi connectivity index (χ0) is 17.7. The minimum Gasteiger partial charge on any atom is -0.459 e. The molecule has 126 valence electrons. The van der Waals surface area contributed by atoms with Crippen molar-refractivity contribution in [2.75, 3.05) is 18.5 Å². The number of amides is 2. The van der Waals surface area contributed by atoms with Crippen LogP contribution in [0.25, 0.3) is 0 Å². The second kappa shape index (κ2) is 7.55. The van der Waals surface area contributed by atoms with Crippen LogP contribution < -0.4 is 5.32 Å². The molecule has 0 aliphatic carbocycles. The van der Waals surface area contributed by atoms with Gasteiger partial charge in [-0.15, -0.1) is 0 Å².